The summed E-state index contributed by atoms with van der Waals surface area (Å²) in [7, 11) is -3.66. The number of aromatic nitrogens is 2. The zero-order valence-electron chi connectivity index (χ0n) is 19.5. The smallest absolute Gasteiger partial charge is 0.318 e. The minimum absolute atomic E-state index is 0.137. The molecule has 1 aliphatic rings. The van der Waals surface area contributed by atoms with Crippen LogP contribution >= 0.6 is 0 Å². The second-order valence-corrected chi connectivity index (χ2v) is 10.4. The maximum atomic E-state index is 13.0. The molecule has 1 aromatic rings. The first-order valence-electron chi connectivity index (χ1n) is 11.1. The van der Waals surface area contributed by atoms with Gasteiger partial charge in [-0.05, 0) is 12.3 Å². The van der Waals surface area contributed by atoms with Crippen LogP contribution in [0.2, 0.25) is 0 Å². The number of Topliss-reactive ketones (excluding diaryl/α,β-unsaturated/α-hetero) is 1. The van der Waals surface area contributed by atoms with Crippen molar-refractivity contribution in [2.45, 2.75) is 52.6 Å². The average Bonchev–Trinajstić information content (AvgIpc) is 3.25. The van der Waals surface area contributed by atoms with E-state index in [1.165, 1.54) is 4.90 Å². The fourth-order valence-electron chi connectivity index (χ4n) is 3.29. The SMILES string of the molecule is CCc1noc(C(=O)C(CC)NC(=O)[C@H](CS(=O)(=O)CC(C)C)NC(=O)N2CCOCC2)n1. The van der Waals surface area contributed by atoms with E-state index in [1.54, 1.807) is 27.7 Å². The van der Waals surface area contributed by atoms with Crippen molar-refractivity contribution in [3.8, 4) is 0 Å². The quantitative estimate of drug-likeness (QED) is 0.415. The first kappa shape index (κ1) is 26.7. The summed E-state index contributed by atoms with van der Waals surface area (Å²) in [6.45, 7) is 8.34. The molecule has 2 heterocycles. The van der Waals surface area contributed by atoms with Crippen LogP contribution in [-0.2, 0) is 25.8 Å². The van der Waals surface area contributed by atoms with Gasteiger partial charge in [0.2, 0.25) is 11.7 Å². The number of rotatable bonds is 11. The number of ketones is 1. The molecule has 0 aliphatic carbocycles. The summed E-state index contributed by atoms with van der Waals surface area (Å²) in [5.41, 5.74) is 0. The van der Waals surface area contributed by atoms with Crippen molar-refractivity contribution < 1.29 is 32.1 Å². The molecule has 1 aliphatic heterocycles. The molecule has 1 saturated heterocycles. The van der Waals surface area contributed by atoms with Gasteiger partial charge in [-0.2, -0.15) is 4.98 Å². The molecule has 0 radical (unpaired) electrons. The van der Waals surface area contributed by atoms with Gasteiger partial charge in [-0.15, -0.1) is 0 Å². The maximum absolute atomic E-state index is 13.0. The Bertz CT molecular complexity index is 925. The zero-order valence-corrected chi connectivity index (χ0v) is 20.3. The van der Waals surface area contributed by atoms with Crippen LogP contribution in [0, 0.1) is 5.92 Å². The molecule has 13 heteroatoms. The number of ether oxygens (including phenoxy) is 1. The third-order valence-electron chi connectivity index (χ3n) is 4.96. The summed E-state index contributed by atoms with van der Waals surface area (Å²) in [6, 6.07) is -2.96. The third-order valence-corrected chi connectivity index (χ3v) is 6.97. The molecular formula is C20H33N5O7S. The van der Waals surface area contributed by atoms with Gasteiger partial charge in [0.1, 0.15) is 6.04 Å². The van der Waals surface area contributed by atoms with E-state index >= 15 is 0 Å². The van der Waals surface area contributed by atoms with Crippen LogP contribution in [0.15, 0.2) is 4.52 Å². The Morgan fingerprint density at radius 1 is 1.06 bits per heavy atom. The first-order valence-corrected chi connectivity index (χ1v) is 12.9. The molecule has 1 fully saturated rings. The van der Waals surface area contributed by atoms with Crippen molar-refractivity contribution in [2.24, 2.45) is 5.92 Å². The van der Waals surface area contributed by atoms with Crippen molar-refractivity contribution in [1.29, 1.82) is 0 Å². The van der Waals surface area contributed by atoms with Crippen molar-refractivity contribution in [3.05, 3.63) is 11.7 Å². The molecule has 0 bridgehead atoms. The molecule has 2 N–H and O–H groups in total. The Morgan fingerprint density at radius 2 is 1.73 bits per heavy atom. The molecule has 2 atom stereocenters. The van der Waals surface area contributed by atoms with E-state index in [0.717, 1.165) is 0 Å². The molecule has 1 unspecified atom stereocenters. The number of hydrogen-bond acceptors (Lipinski definition) is 9. The summed E-state index contributed by atoms with van der Waals surface area (Å²) in [5, 5.41) is 8.73. The second kappa shape index (κ2) is 12.1. The highest BCUT2D eigenvalue weighted by molar-refractivity contribution is 7.91. The number of carbonyl (C=O) groups is 3. The topological polar surface area (TPSA) is 161 Å². The number of hydrogen-bond donors (Lipinski definition) is 2. The van der Waals surface area contributed by atoms with E-state index in [2.05, 4.69) is 20.8 Å². The molecule has 12 nitrogen and oxygen atoms in total. The number of aryl methyl sites for hydroxylation is 1. The summed E-state index contributed by atoms with van der Waals surface area (Å²) in [5.74, 6) is -2.11. The fraction of sp³-hybridized carbons (Fsp3) is 0.750. The van der Waals surface area contributed by atoms with Crippen molar-refractivity contribution >= 4 is 27.6 Å². The number of amides is 3. The Balaban J connectivity index is 2.17. The Kier molecular flexibility index (Phi) is 9.77. The number of nitrogens with zero attached hydrogens (tertiary/aromatic N) is 3. The Morgan fingerprint density at radius 3 is 2.27 bits per heavy atom. The number of carbonyl (C=O) groups excluding carboxylic acids is 3. The highest BCUT2D eigenvalue weighted by atomic mass is 32.2. The van der Waals surface area contributed by atoms with Crippen molar-refractivity contribution in [2.75, 3.05) is 37.8 Å². The third kappa shape index (κ3) is 8.07. The molecule has 3 amide bonds. The van der Waals surface area contributed by atoms with E-state index in [-0.39, 0.29) is 24.0 Å². The molecule has 33 heavy (non-hydrogen) atoms. The number of morpholine rings is 1. The first-order chi connectivity index (χ1) is 15.6. The van der Waals surface area contributed by atoms with Crippen LogP contribution in [0.1, 0.15) is 50.6 Å². The van der Waals surface area contributed by atoms with Crippen LogP contribution in [0.5, 0.6) is 0 Å². The molecule has 0 saturated carbocycles. The molecule has 0 aromatic carbocycles. The monoisotopic (exact) mass is 487 g/mol. The predicted octanol–water partition coefficient (Wildman–Crippen LogP) is 0.191. The summed E-state index contributed by atoms with van der Waals surface area (Å²) in [6.07, 6.45) is 0.681. The van der Waals surface area contributed by atoms with Gasteiger partial charge in [-0.1, -0.05) is 32.9 Å². The van der Waals surface area contributed by atoms with Gasteiger partial charge in [0, 0.05) is 19.5 Å². The molecule has 1 aromatic heterocycles. The number of nitrogens with one attached hydrogen (secondary N) is 2. The zero-order chi connectivity index (χ0) is 24.6. The van der Waals surface area contributed by atoms with Crippen molar-refractivity contribution in [1.82, 2.24) is 25.7 Å². The number of sulfone groups is 1. The maximum Gasteiger partial charge on any atom is 0.318 e. The summed E-state index contributed by atoms with van der Waals surface area (Å²) in [4.78, 5) is 43.9. The summed E-state index contributed by atoms with van der Waals surface area (Å²) >= 11 is 0. The Hall–Kier alpha value is -2.54. The van der Waals surface area contributed by atoms with Gasteiger partial charge in [0.05, 0.1) is 30.8 Å². The largest absolute Gasteiger partial charge is 0.378 e. The van der Waals surface area contributed by atoms with Crippen LogP contribution in [0.25, 0.3) is 0 Å². The van der Waals surface area contributed by atoms with Gasteiger partial charge in [0.15, 0.2) is 15.7 Å². The lowest BCUT2D eigenvalue weighted by Gasteiger charge is -2.29. The molecule has 2 rings (SSSR count). The van der Waals surface area contributed by atoms with Crippen LogP contribution in [0.3, 0.4) is 0 Å². The van der Waals surface area contributed by atoms with Gasteiger partial charge in [-0.3, -0.25) is 9.59 Å². The molecule has 186 valence electrons. The fourth-order valence-corrected chi connectivity index (χ4v) is 5.19. The van der Waals surface area contributed by atoms with Gasteiger partial charge in [0.25, 0.3) is 5.89 Å². The number of urea groups is 1. The second-order valence-electron chi connectivity index (χ2n) is 8.28. The van der Waals surface area contributed by atoms with E-state index < -0.39 is 45.4 Å². The standard InChI is InChI=1S/C20H33N5O7S/c1-5-14(17(26)19-23-16(6-2)24-32-19)21-18(27)15(12-33(29,30)11-13(3)4)22-20(28)25-7-9-31-10-8-25/h13-15H,5-12H2,1-4H3,(H,21,27)(H,22,28)/t14?,15-/m0/s1. The summed E-state index contributed by atoms with van der Waals surface area (Å²) < 4.78 is 35.4. The lowest BCUT2D eigenvalue weighted by atomic mass is 10.1. The van der Waals surface area contributed by atoms with Gasteiger partial charge < -0.3 is 24.8 Å². The van der Waals surface area contributed by atoms with E-state index in [1.807, 2.05) is 0 Å². The predicted molar refractivity (Wildman–Crippen MR) is 118 cm³/mol. The van der Waals surface area contributed by atoms with Crippen LogP contribution in [0.4, 0.5) is 4.79 Å². The van der Waals surface area contributed by atoms with Crippen LogP contribution < -0.4 is 10.6 Å². The Labute approximate surface area is 193 Å². The van der Waals surface area contributed by atoms with Gasteiger partial charge >= 0.3 is 6.03 Å². The van der Waals surface area contributed by atoms with E-state index in [0.29, 0.717) is 38.5 Å². The van der Waals surface area contributed by atoms with E-state index in [4.69, 9.17) is 9.26 Å². The lowest BCUT2D eigenvalue weighted by molar-refractivity contribution is -0.123. The van der Waals surface area contributed by atoms with E-state index in [9.17, 15) is 22.8 Å². The highest BCUT2D eigenvalue weighted by Gasteiger charge is 2.33. The minimum Gasteiger partial charge on any atom is -0.378 e. The average molecular weight is 488 g/mol. The lowest BCUT2D eigenvalue weighted by Crippen LogP contribution is -2.57. The van der Waals surface area contributed by atoms with Crippen LogP contribution in [-0.4, -0.2) is 91.1 Å². The molecular weight excluding hydrogens is 454 g/mol. The normalized spacial score (nSPS) is 16.3. The van der Waals surface area contributed by atoms with Gasteiger partial charge in [-0.25, -0.2) is 13.2 Å². The molecule has 0 spiro atoms. The minimum atomic E-state index is -3.66. The van der Waals surface area contributed by atoms with Crippen molar-refractivity contribution in [3.63, 3.8) is 0 Å². The highest BCUT2D eigenvalue weighted by Crippen LogP contribution is 2.08.